The molecule has 3 aromatic rings. The average molecular weight is 500 g/mol. The number of para-hydroxylation sites is 1. The molecule has 188 valence electrons. The minimum atomic E-state index is -4.41. The van der Waals surface area contributed by atoms with Crippen LogP contribution >= 0.6 is 0 Å². The van der Waals surface area contributed by atoms with Crippen LogP contribution in [0.25, 0.3) is 11.1 Å². The fraction of sp³-hybridized carbons (Fsp3) is 0.320. The van der Waals surface area contributed by atoms with Crippen LogP contribution in [0.4, 0.5) is 23.7 Å². The number of carbonyl (C=O) groups excluding carboxylic acids is 3. The normalized spacial score (nSPS) is 17.3. The van der Waals surface area contributed by atoms with Crippen molar-refractivity contribution in [3.8, 4) is 11.1 Å². The van der Waals surface area contributed by atoms with Gasteiger partial charge in [-0.1, -0.05) is 24.3 Å². The van der Waals surface area contributed by atoms with Crippen LogP contribution in [-0.4, -0.2) is 52.6 Å². The lowest BCUT2D eigenvalue weighted by atomic mass is 9.90. The van der Waals surface area contributed by atoms with Gasteiger partial charge in [-0.05, 0) is 35.4 Å². The molecule has 2 aliphatic rings. The number of halogens is 3. The number of hydrogen-bond acceptors (Lipinski definition) is 6. The predicted octanol–water partition coefficient (Wildman–Crippen LogP) is 4.50. The van der Waals surface area contributed by atoms with E-state index in [0.717, 1.165) is 22.9 Å². The molecular formula is C25H23F3N4O4. The van der Waals surface area contributed by atoms with Crippen molar-refractivity contribution in [2.45, 2.75) is 31.2 Å². The molecule has 5 rings (SSSR count). The largest absolute Gasteiger partial charge is 0.441 e. The highest BCUT2D eigenvalue weighted by Crippen LogP contribution is 2.37. The van der Waals surface area contributed by atoms with Crippen molar-refractivity contribution >= 4 is 17.9 Å². The van der Waals surface area contributed by atoms with Crippen LogP contribution < -0.4 is 4.90 Å². The number of aromatic amines is 1. The first-order valence-electron chi connectivity index (χ1n) is 11.2. The molecule has 2 saturated heterocycles. The number of benzene rings is 2. The molecule has 0 unspecified atom stereocenters. The molecule has 0 atom stereocenters. The summed E-state index contributed by atoms with van der Waals surface area (Å²) in [6, 6.07) is 13.2. The lowest BCUT2D eigenvalue weighted by Crippen LogP contribution is -2.46. The summed E-state index contributed by atoms with van der Waals surface area (Å²) in [4.78, 5) is 32.5. The zero-order valence-corrected chi connectivity index (χ0v) is 19.1. The minimum Gasteiger partial charge on any atom is -0.441 e. The predicted molar refractivity (Wildman–Crippen MR) is 122 cm³/mol. The average Bonchev–Trinajstić information content (AvgIpc) is 3.50. The van der Waals surface area contributed by atoms with E-state index in [9.17, 15) is 18.0 Å². The van der Waals surface area contributed by atoms with Gasteiger partial charge < -0.3 is 4.74 Å². The van der Waals surface area contributed by atoms with E-state index < -0.39 is 17.3 Å². The third kappa shape index (κ3) is 5.48. The van der Waals surface area contributed by atoms with Crippen molar-refractivity contribution in [2.75, 3.05) is 24.5 Å². The van der Waals surface area contributed by atoms with E-state index in [1.807, 2.05) is 30.3 Å². The highest BCUT2D eigenvalue weighted by molar-refractivity contribution is 5.90. The van der Waals surface area contributed by atoms with Crippen molar-refractivity contribution in [2.24, 2.45) is 0 Å². The number of amides is 1. The van der Waals surface area contributed by atoms with E-state index in [0.29, 0.717) is 44.6 Å². The smallest absolute Gasteiger partial charge is 0.416 e. The number of piperidine rings is 1. The van der Waals surface area contributed by atoms with Crippen LogP contribution in [0.3, 0.4) is 0 Å². The van der Waals surface area contributed by atoms with E-state index in [1.54, 1.807) is 17.3 Å². The van der Waals surface area contributed by atoms with Crippen molar-refractivity contribution < 1.29 is 32.3 Å². The van der Waals surface area contributed by atoms with Gasteiger partial charge in [0.05, 0.1) is 18.3 Å². The van der Waals surface area contributed by atoms with E-state index in [1.165, 1.54) is 12.1 Å². The van der Waals surface area contributed by atoms with Crippen molar-refractivity contribution in [1.82, 2.24) is 15.1 Å². The zero-order valence-electron chi connectivity index (χ0n) is 19.1. The Morgan fingerprint density at radius 1 is 1.08 bits per heavy atom. The lowest BCUT2D eigenvalue weighted by Gasteiger charge is -2.37. The molecule has 0 bridgehead atoms. The number of likely N-dealkylation sites (tertiary alicyclic amines) is 1. The fourth-order valence-corrected chi connectivity index (χ4v) is 4.63. The summed E-state index contributed by atoms with van der Waals surface area (Å²) in [7, 11) is 0. The Labute approximate surface area is 204 Å². The van der Waals surface area contributed by atoms with Gasteiger partial charge in [-0.3, -0.25) is 14.9 Å². The highest BCUT2D eigenvalue weighted by atomic mass is 19.4. The molecule has 2 fully saturated rings. The Morgan fingerprint density at radius 3 is 2.39 bits per heavy atom. The van der Waals surface area contributed by atoms with Crippen LogP contribution in [-0.2, 0) is 27.0 Å². The number of nitrogens with zero attached hydrogens (tertiary/aromatic N) is 3. The maximum absolute atomic E-state index is 13.3. The summed E-state index contributed by atoms with van der Waals surface area (Å²) < 4.78 is 45.8. The van der Waals surface area contributed by atoms with E-state index in [2.05, 4.69) is 15.1 Å². The molecule has 0 aliphatic carbocycles. The summed E-state index contributed by atoms with van der Waals surface area (Å²) in [5.74, 6) is 0. The summed E-state index contributed by atoms with van der Waals surface area (Å²) in [5.41, 5.74) is 1.63. The molecule has 8 nitrogen and oxygen atoms in total. The molecular weight excluding hydrogens is 477 g/mol. The van der Waals surface area contributed by atoms with Crippen molar-refractivity contribution in [1.29, 1.82) is 0 Å². The van der Waals surface area contributed by atoms with Gasteiger partial charge in [-0.25, -0.2) is 4.79 Å². The topological polar surface area (TPSA) is 95.6 Å². The maximum Gasteiger partial charge on any atom is 0.416 e. The summed E-state index contributed by atoms with van der Waals surface area (Å²) in [6.45, 7) is 2.10. The first-order chi connectivity index (χ1) is 17.2. The van der Waals surface area contributed by atoms with Crippen molar-refractivity contribution in [3.05, 3.63) is 72.1 Å². The molecule has 0 saturated carbocycles. The Balaban J connectivity index is 0.000000967. The molecule has 1 amide bonds. The number of nitrogens with one attached hydrogen (secondary N) is 1. The van der Waals surface area contributed by atoms with E-state index in [-0.39, 0.29) is 12.2 Å². The second-order valence-electron chi connectivity index (χ2n) is 8.69. The molecule has 1 aromatic heterocycles. The van der Waals surface area contributed by atoms with Crippen LogP contribution in [0.5, 0.6) is 0 Å². The standard InChI is InChI=1S/C24H23F3N4O2.CO2/c25-24(26,27)19-6-7-21(18-13-28-29-14-18)17(12-19)15-30-10-8-23(9-11-30)16-31(22(32)33-23)20-4-2-1-3-5-20;2-1-3/h1-7,12-14H,8-11,15-16H2,(H,28,29);. The quantitative estimate of drug-likeness (QED) is 0.567. The fourth-order valence-electron chi connectivity index (χ4n) is 4.63. The van der Waals surface area contributed by atoms with Gasteiger partial charge in [0.2, 0.25) is 0 Å². The van der Waals surface area contributed by atoms with Gasteiger partial charge in [0, 0.05) is 49.9 Å². The Morgan fingerprint density at radius 2 is 1.78 bits per heavy atom. The van der Waals surface area contributed by atoms with E-state index >= 15 is 0 Å². The molecule has 0 radical (unpaired) electrons. The Hall–Kier alpha value is -3.95. The van der Waals surface area contributed by atoms with E-state index in [4.69, 9.17) is 14.3 Å². The Bertz CT molecular complexity index is 1220. The molecule has 36 heavy (non-hydrogen) atoms. The van der Waals surface area contributed by atoms with Crippen molar-refractivity contribution in [3.63, 3.8) is 0 Å². The van der Waals surface area contributed by atoms with Crippen LogP contribution in [0.15, 0.2) is 60.9 Å². The second kappa shape index (κ2) is 10.3. The molecule has 1 spiro atoms. The number of hydrogen-bond donors (Lipinski definition) is 1. The minimum absolute atomic E-state index is 0.250. The van der Waals surface area contributed by atoms with Crippen LogP contribution in [0, 0.1) is 0 Å². The van der Waals surface area contributed by atoms with Gasteiger partial charge in [0.25, 0.3) is 0 Å². The van der Waals surface area contributed by atoms with Crippen LogP contribution in [0.2, 0.25) is 0 Å². The third-order valence-electron chi connectivity index (χ3n) is 6.44. The summed E-state index contributed by atoms with van der Waals surface area (Å²) >= 11 is 0. The lowest BCUT2D eigenvalue weighted by molar-refractivity contribution is -0.191. The summed E-state index contributed by atoms with van der Waals surface area (Å²) in [6.07, 6.45) is 0.0226. The highest BCUT2D eigenvalue weighted by Gasteiger charge is 2.47. The van der Waals surface area contributed by atoms with Gasteiger partial charge in [-0.15, -0.1) is 0 Å². The summed E-state index contributed by atoms with van der Waals surface area (Å²) in [5, 5.41) is 6.65. The number of ether oxygens (including phenoxy) is 1. The van der Waals surface area contributed by atoms with Gasteiger partial charge in [-0.2, -0.15) is 27.9 Å². The van der Waals surface area contributed by atoms with Crippen LogP contribution in [0.1, 0.15) is 24.0 Å². The molecule has 1 N–H and O–H groups in total. The molecule has 2 aliphatic heterocycles. The number of alkyl halides is 3. The maximum atomic E-state index is 13.3. The third-order valence-corrected chi connectivity index (χ3v) is 6.44. The number of aromatic nitrogens is 2. The van der Waals surface area contributed by atoms with Gasteiger partial charge in [0.15, 0.2) is 0 Å². The molecule has 11 heteroatoms. The van der Waals surface area contributed by atoms with Gasteiger partial charge in [0.1, 0.15) is 5.60 Å². The number of carbonyl (C=O) groups is 1. The second-order valence-corrected chi connectivity index (χ2v) is 8.69. The first kappa shape index (κ1) is 25.2. The number of anilines is 1. The zero-order chi connectivity index (χ0) is 25.8. The van der Waals surface area contributed by atoms with Gasteiger partial charge >= 0.3 is 18.4 Å². The number of rotatable bonds is 4. The Kier molecular flexibility index (Phi) is 7.23. The molecule has 3 heterocycles. The number of H-pyrrole nitrogens is 1. The monoisotopic (exact) mass is 500 g/mol. The SMILES string of the molecule is O=C1OC2(CCN(Cc3cc(C(F)(F)F)ccc3-c3cn[nH]c3)CC2)CN1c1ccccc1.O=C=O. The first-order valence-corrected chi connectivity index (χ1v) is 11.2. The molecule has 2 aromatic carbocycles.